The summed E-state index contributed by atoms with van der Waals surface area (Å²) in [7, 11) is 0. The van der Waals surface area contributed by atoms with E-state index in [1.165, 1.54) is 6.07 Å². The number of amides is 1. The second-order valence-corrected chi connectivity index (χ2v) is 11.8. The third-order valence-electron chi connectivity index (χ3n) is 9.19. The van der Waals surface area contributed by atoms with E-state index in [2.05, 4.69) is 5.32 Å². The molecular weight excluding hydrogens is 517 g/mol. The molecule has 1 aromatic carbocycles. The summed E-state index contributed by atoms with van der Waals surface area (Å²) in [6, 6.07) is 2.64. The fraction of sp³-hybridized carbons (Fsp3) is 0.467. The van der Waals surface area contributed by atoms with Gasteiger partial charge in [0.25, 0.3) is 5.56 Å². The summed E-state index contributed by atoms with van der Waals surface area (Å²) in [5.41, 5.74) is 2.49. The Morgan fingerprint density at radius 2 is 2.02 bits per heavy atom. The van der Waals surface area contributed by atoms with Gasteiger partial charge in [0, 0.05) is 22.6 Å². The average molecular weight is 548 g/mol. The van der Waals surface area contributed by atoms with E-state index < -0.39 is 23.5 Å². The van der Waals surface area contributed by atoms with Crippen molar-refractivity contribution in [2.24, 2.45) is 11.8 Å². The van der Waals surface area contributed by atoms with E-state index in [1.54, 1.807) is 24.5 Å². The molecule has 1 fully saturated rings. The maximum Gasteiger partial charge on any atom is 0.343 e. The predicted molar refractivity (Wildman–Crippen MR) is 142 cm³/mol. The number of esters is 1. The van der Waals surface area contributed by atoms with Crippen LogP contribution in [0.5, 0.6) is 0 Å². The van der Waals surface area contributed by atoms with E-state index in [1.807, 2.05) is 0 Å². The monoisotopic (exact) mass is 547 g/mol. The van der Waals surface area contributed by atoms with Gasteiger partial charge in [-0.05, 0) is 54.9 Å². The lowest BCUT2D eigenvalue weighted by Crippen LogP contribution is -2.45. The van der Waals surface area contributed by atoms with Crippen molar-refractivity contribution >= 4 is 22.8 Å². The van der Waals surface area contributed by atoms with Crippen LogP contribution in [-0.4, -0.2) is 38.2 Å². The van der Waals surface area contributed by atoms with Crippen LogP contribution in [0.2, 0.25) is 0 Å². The van der Waals surface area contributed by atoms with E-state index in [9.17, 15) is 24.6 Å². The van der Waals surface area contributed by atoms with Crippen molar-refractivity contribution in [2.75, 3.05) is 6.61 Å². The Morgan fingerprint density at radius 3 is 2.75 bits per heavy atom. The molecule has 2 aliphatic heterocycles. The van der Waals surface area contributed by atoms with Crippen molar-refractivity contribution < 1.29 is 28.9 Å². The lowest BCUT2D eigenvalue weighted by molar-refractivity contribution is -0.173. The molecular formula is C30H30FN3O6. The number of ether oxygens (including phenoxy) is 1. The molecule has 3 N–H and O–H groups in total. The molecule has 0 spiro atoms. The molecule has 4 heterocycles. The molecule has 7 rings (SSSR count). The van der Waals surface area contributed by atoms with Crippen LogP contribution < -0.4 is 10.9 Å². The van der Waals surface area contributed by atoms with E-state index in [4.69, 9.17) is 9.72 Å². The van der Waals surface area contributed by atoms with Crippen molar-refractivity contribution in [2.45, 2.75) is 70.7 Å². The van der Waals surface area contributed by atoms with E-state index in [-0.39, 0.29) is 60.5 Å². The lowest BCUT2D eigenvalue weighted by Gasteiger charge is -2.32. The molecule has 3 aromatic rings. The Morgan fingerprint density at radius 1 is 1.25 bits per heavy atom. The second-order valence-electron chi connectivity index (χ2n) is 11.8. The number of hydrogen-bond acceptors (Lipinski definition) is 7. The summed E-state index contributed by atoms with van der Waals surface area (Å²) in [6.45, 7) is 3.05. The first-order chi connectivity index (χ1) is 19.1. The number of aliphatic hydroxyl groups excluding tert-OH is 1. The van der Waals surface area contributed by atoms with Crippen molar-refractivity contribution in [3.63, 3.8) is 0 Å². The predicted octanol–water partition coefficient (Wildman–Crippen LogP) is 2.65. The number of benzene rings is 1. The van der Waals surface area contributed by atoms with Crippen LogP contribution in [0.25, 0.3) is 22.3 Å². The standard InChI is InChI=1S/C30H30FN3O6/c1-13(11-35)27(36)33-21-6-5-16-14(2)20(31)8-22-24(16)25(21)17-10-34-23(26(17)32-22)7-19-18(28(34)37)12-40-29(38)30(19,39)9-15-3-4-15/h7-8,13,15,21,35,39H,3-6,9-12H2,1-2H3,(H,33,36)/t13-,21+,30+/m1/s1. The minimum atomic E-state index is -1.91. The maximum absolute atomic E-state index is 15.0. The highest BCUT2D eigenvalue weighted by atomic mass is 19.1. The number of halogens is 1. The van der Waals surface area contributed by atoms with Crippen LogP contribution in [0.4, 0.5) is 4.39 Å². The van der Waals surface area contributed by atoms with Crippen LogP contribution in [0, 0.1) is 24.6 Å². The SMILES string of the molecule is Cc1c(F)cc2nc3c(c4c2c1CC[C@@H]4NC(=O)[C@H](C)CO)Cn1c-3cc2c(c1=O)COC(=O)[C@]2(O)CC1CC1. The zero-order valence-corrected chi connectivity index (χ0v) is 22.3. The van der Waals surface area contributed by atoms with Gasteiger partial charge in [-0.3, -0.25) is 9.59 Å². The molecule has 40 heavy (non-hydrogen) atoms. The van der Waals surface area contributed by atoms with Crippen molar-refractivity contribution in [3.05, 3.63) is 61.7 Å². The molecule has 9 nitrogen and oxygen atoms in total. The van der Waals surface area contributed by atoms with Gasteiger partial charge in [-0.15, -0.1) is 0 Å². The average Bonchev–Trinajstić information content (AvgIpc) is 3.67. The Kier molecular flexibility index (Phi) is 5.50. The largest absolute Gasteiger partial charge is 0.458 e. The molecule has 2 aromatic heterocycles. The van der Waals surface area contributed by atoms with Gasteiger partial charge in [-0.2, -0.15) is 0 Å². The molecule has 10 heteroatoms. The third kappa shape index (κ3) is 3.51. The van der Waals surface area contributed by atoms with Gasteiger partial charge in [0.15, 0.2) is 5.60 Å². The number of rotatable bonds is 5. The van der Waals surface area contributed by atoms with Gasteiger partial charge in [-0.1, -0.05) is 19.8 Å². The lowest BCUT2D eigenvalue weighted by atomic mass is 9.81. The summed E-state index contributed by atoms with van der Waals surface area (Å²) in [4.78, 5) is 44.3. The summed E-state index contributed by atoms with van der Waals surface area (Å²) < 4.78 is 21.9. The second kappa shape index (κ2) is 8.68. The quantitative estimate of drug-likeness (QED) is 0.328. The molecule has 0 radical (unpaired) electrons. The van der Waals surface area contributed by atoms with Crippen molar-refractivity contribution in [1.82, 2.24) is 14.9 Å². The number of pyridine rings is 2. The van der Waals surface area contributed by atoms with Crippen LogP contribution in [-0.2, 0) is 39.5 Å². The van der Waals surface area contributed by atoms with Crippen LogP contribution >= 0.6 is 0 Å². The highest BCUT2D eigenvalue weighted by molar-refractivity contribution is 5.94. The summed E-state index contributed by atoms with van der Waals surface area (Å²) in [5.74, 6) is -1.83. The van der Waals surface area contributed by atoms with Crippen LogP contribution in [0.15, 0.2) is 16.9 Å². The summed E-state index contributed by atoms with van der Waals surface area (Å²) in [5, 5.41) is 24.9. The van der Waals surface area contributed by atoms with Gasteiger partial charge in [0.1, 0.15) is 12.4 Å². The summed E-state index contributed by atoms with van der Waals surface area (Å²) in [6.07, 6.45) is 3.07. The van der Waals surface area contributed by atoms with Gasteiger partial charge in [0.05, 0.1) is 47.6 Å². The molecule has 208 valence electrons. The highest BCUT2D eigenvalue weighted by Gasteiger charge is 2.49. The number of cyclic esters (lactones) is 1. The van der Waals surface area contributed by atoms with E-state index in [0.717, 1.165) is 34.9 Å². The van der Waals surface area contributed by atoms with Crippen molar-refractivity contribution in [3.8, 4) is 11.4 Å². The number of carbonyl (C=O) groups excluding carboxylic acids is 2. The fourth-order valence-corrected chi connectivity index (χ4v) is 6.69. The minimum absolute atomic E-state index is 0.182. The summed E-state index contributed by atoms with van der Waals surface area (Å²) >= 11 is 0. The number of hydrogen-bond donors (Lipinski definition) is 3. The number of aromatic nitrogens is 2. The zero-order valence-electron chi connectivity index (χ0n) is 22.3. The fourth-order valence-electron chi connectivity index (χ4n) is 6.69. The molecule has 3 atom stereocenters. The molecule has 2 aliphatic carbocycles. The van der Waals surface area contributed by atoms with Gasteiger partial charge in [0.2, 0.25) is 5.91 Å². The molecule has 1 saturated carbocycles. The molecule has 4 aliphatic rings. The number of nitrogens with one attached hydrogen (secondary N) is 1. The number of aliphatic hydroxyl groups is 2. The van der Waals surface area contributed by atoms with Crippen LogP contribution in [0.1, 0.15) is 72.0 Å². The number of nitrogens with zero attached hydrogens (tertiary/aromatic N) is 2. The van der Waals surface area contributed by atoms with E-state index in [0.29, 0.717) is 35.3 Å². The Labute approximate surface area is 229 Å². The number of aryl methyl sites for hydroxylation is 1. The molecule has 0 bridgehead atoms. The number of fused-ring (bicyclic) bond motifs is 5. The van der Waals surface area contributed by atoms with Gasteiger partial charge in [-0.25, -0.2) is 14.2 Å². The Hall–Kier alpha value is -3.63. The van der Waals surface area contributed by atoms with Gasteiger partial charge < -0.3 is 24.8 Å². The maximum atomic E-state index is 15.0. The molecule has 0 unspecified atom stereocenters. The third-order valence-corrected chi connectivity index (χ3v) is 9.19. The first-order valence-electron chi connectivity index (χ1n) is 13.8. The topological polar surface area (TPSA) is 131 Å². The van der Waals surface area contributed by atoms with Crippen molar-refractivity contribution in [1.29, 1.82) is 0 Å². The smallest absolute Gasteiger partial charge is 0.343 e. The van der Waals surface area contributed by atoms with Crippen LogP contribution in [0.3, 0.4) is 0 Å². The minimum Gasteiger partial charge on any atom is -0.458 e. The number of carbonyl (C=O) groups is 2. The molecule has 1 amide bonds. The first kappa shape index (κ1) is 25.3. The zero-order chi connectivity index (χ0) is 28.1. The Balaban J connectivity index is 1.46. The highest BCUT2D eigenvalue weighted by Crippen LogP contribution is 2.47. The Bertz CT molecular complexity index is 1710. The van der Waals surface area contributed by atoms with Gasteiger partial charge >= 0.3 is 5.97 Å². The molecule has 0 saturated heterocycles. The normalized spacial score (nSPS) is 23.3. The van der Waals surface area contributed by atoms with E-state index >= 15 is 4.39 Å². The first-order valence-corrected chi connectivity index (χ1v) is 13.8.